The average Bonchev–Trinajstić information content (AvgIpc) is 2.42. The summed E-state index contributed by atoms with van der Waals surface area (Å²) in [5.74, 6) is 1.30. The molecule has 1 heterocycles. The van der Waals surface area contributed by atoms with Crippen molar-refractivity contribution < 1.29 is 9.90 Å². The highest BCUT2D eigenvalue weighted by atomic mass is 127. The second-order valence-corrected chi connectivity index (χ2v) is 6.60. The lowest BCUT2D eigenvalue weighted by atomic mass is 9.86. The van der Waals surface area contributed by atoms with Gasteiger partial charge in [0.25, 0.3) is 0 Å². The summed E-state index contributed by atoms with van der Waals surface area (Å²) in [7, 11) is 0. The third-order valence-electron chi connectivity index (χ3n) is 3.55. The van der Waals surface area contributed by atoms with Gasteiger partial charge in [0.05, 0.1) is 5.02 Å². The van der Waals surface area contributed by atoms with Crippen LogP contribution in [0, 0.1) is 9.49 Å². The minimum absolute atomic E-state index is 0.403. The van der Waals surface area contributed by atoms with Gasteiger partial charge >= 0.3 is 6.09 Å². The van der Waals surface area contributed by atoms with E-state index in [2.05, 4.69) is 38.2 Å². The molecule has 7 heteroatoms. The zero-order valence-electron chi connectivity index (χ0n) is 10.9. The topological polar surface area (TPSA) is 74.2 Å². The van der Waals surface area contributed by atoms with Gasteiger partial charge in [-0.2, -0.15) is 0 Å². The Hall–Kier alpha value is -0.760. The summed E-state index contributed by atoms with van der Waals surface area (Å²) in [6, 6.07) is 2.35. The van der Waals surface area contributed by atoms with E-state index in [1.807, 2.05) is 6.07 Å². The number of amides is 1. The summed E-state index contributed by atoms with van der Waals surface area (Å²) in [4.78, 5) is 14.7. The van der Waals surface area contributed by atoms with Crippen LogP contribution in [0.5, 0.6) is 0 Å². The zero-order chi connectivity index (χ0) is 14.5. The first-order valence-electron chi connectivity index (χ1n) is 6.59. The minimum atomic E-state index is -0.940. The summed E-state index contributed by atoms with van der Waals surface area (Å²) >= 11 is 8.14. The van der Waals surface area contributed by atoms with Gasteiger partial charge in [0.15, 0.2) is 0 Å². The van der Waals surface area contributed by atoms with Crippen LogP contribution in [-0.4, -0.2) is 28.8 Å². The Kier molecular flexibility index (Phi) is 5.71. The second-order valence-electron chi connectivity index (χ2n) is 5.03. The molecule has 0 spiro atoms. The van der Waals surface area contributed by atoms with Gasteiger partial charge in [-0.25, -0.2) is 9.78 Å². The molecule has 5 nitrogen and oxygen atoms in total. The van der Waals surface area contributed by atoms with E-state index in [-0.39, 0.29) is 0 Å². The van der Waals surface area contributed by atoms with Gasteiger partial charge < -0.3 is 15.7 Å². The molecule has 1 aliphatic rings. The van der Waals surface area contributed by atoms with E-state index in [0.717, 1.165) is 35.1 Å². The molecule has 1 amide bonds. The maximum atomic E-state index is 10.5. The highest BCUT2D eigenvalue weighted by Crippen LogP contribution is 2.27. The molecule has 0 radical (unpaired) electrons. The van der Waals surface area contributed by atoms with Gasteiger partial charge in [0.2, 0.25) is 0 Å². The minimum Gasteiger partial charge on any atom is -0.465 e. The molecule has 1 aromatic rings. The quantitative estimate of drug-likeness (QED) is 0.665. The van der Waals surface area contributed by atoms with E-state index in [9.17, 15) is 4.79 Å². The summed E-state index contributed by atoms with van der Waals surface area (Å²) in [5.41, 5.74) is 0. The van der Waals surface area contributed by atoms with Crippen molar-refractivity contribution in [1.29, 1.82) is 0 Å². The number of hydrogen-bond donors (Lipinski definition) is 3. The van der Waals surface area contributed by atoms with Crippen LogP contribution in [0.4, 0.5) is 10.6 Å². The highest BCUT2D eigenvalue weighted by Gasteiger charge is 2.21. The molecule has 0 unspecified atom stereocenters. The maximum Gasteiger partial charge on any atom is 0.404 e. The van der Waals surface area contributed by atoms with E-state index in [0.29, 0.717) is 23.5 Å². The average molecular weight is 410 g/mol. The van der Waals surface area contributed by atoms with Gasteiger partial charge in [-0.3, -0.25) is 0 Å². The molecular weight excluding hydrogens is 393 g/mol. The molecule has 1 aliphatic carbocycles. The number of aromatic nitrogens is 1. The van der Waals surface area contributed by atoms with E-state index in [1.54, 1.807) is 6.20 Å². The smallest absolute Gasteiger partial charge is 0.404 e. The second kappa shape index (κ2) is 7.31. The number of carboxylic acid groups (broad SMARTS) is 1. The first kappa shape index (κ1) is 15.6. The van der Waals surface area contributed by atoms with Crippen molar-refractivity contribution in [3.63, 3.8) is 0 Å². The first-order chi connectivity index (χ1) is 9.54. The third kappa shape index (κ3) is 4.66. The molecule has 0 aliphatic heterocycles. The van der Waals surface area contributed by atoms with Crippen molar-refractivity contribution in [2.45, 2.75) is 31.7 Å². The van der Waals surface area contributed by atoms with E-state index < -0.39 is 6.09 Å². The van der Waals surface area contributed by atoms with Crippen LogP contribution in [0.25, 0.3) is 0 Å². The number of anilines is 1. The predicted molar refractivity (Wildman–Crippen MR) is 87.4 cm³/mol. The van der Waals surface area contributed by atoms with Crippen LogP contribution < -0.4 is 10.6 Å². The maximum absolute atomic E-state index is 10.5. The number of nitrogens with one attached hydrogen (secondary N) is 2. The Morgan fingerprint density at radius 1 is 1.45 bits per heavy atom. The predicted octanol–water partition coefficient (Wildman–Crippen LogP) is 3.58. The standard InChI is InChI=1S/C13H17ClIN3O2/c14-10-7-16-12(5-11(10)15)18-9-3-1-8(2-4-9)6-17-13(19)20/h5,7-9,17H,1-4,6H2,(H,16,18)(H,19,20). The van der Waals surface area contributed by atoms with Gasteiger partial charge in [0, 0.05) is 22.4 Å². The molecule has 1 saturated carbocycles. The third-order valence-corrected chi connectivity index (χ3v) is 5.06. The molecule has 0 atom stereocenters. The van der Waals surface area contributed by atoms with Crippen molar-refractivity contribution in [2.24, 2.45) is 5.92 Å². The molecule has 110 valence electrons. The van der Waals surface area contributed by atoms with Crippen molar-refractivity contribution >= 4 is 46.1 Å². The molecule has 0 saturated heterocycles. The summed E-state index contributed by atoms with van der Waals surface area (Å²) in [6.45, 7) is 0.555. The molecule has 1 fully saturated rings. The summed E-state index contributed by atoms with van der Waals surface area (Å²) in [6.07, 6.45) is 4.85. The van der Waals surface area contributed by atoms with Crippen molar-refractivity contribution in [1.82, 2.24) is 10.3 Å². The zero-order valence-corrected chi connectivity index (χ0v) is 13.8. The highest BCUT2D eigenvalue weighted by molar-refractivity contribution is 14.1. The van der Waals surface area contributed by atoms with Gasteiger partial charge in [-0.1, -0.05) is 11.6 Å². The van der Waals surface area contributed by atoms with Crippen molar-refractivity contribution in [3.05, 3.63) is 20.9 Å². The molecule has 0 aromatic carbocycles. The largest absolute Gasteiger partial charge is 0.465 e. The van der Waals surface area contributed by atoms with Crippen LogP contribution >= 0.6 is 34.2 Å². The number of nitrogens with zero attached hydrogens (tertiary/aromatic N) is 1. The first-order valence-corrected chi connectivity index (χ1v) is 8.04. The number of rotatable bonds is 4. The fourth-order valence-electron chi connectivity index (χ4n) is 2.44. The van der Waals surface area contributed by atoms with Crippen LogP contribution in [0.2, 0.25) is 5.02 Å². The van der Waals surface area contributed by atoms with E-state index in [4.69, 9.17) is 16.7 Å². The number of halogens is 2. The molecule has 1 aromatic heterocycles. The normalized spacial score (nSPS) is 22.3. The Balaban J connectivity index is 1.79. The molecule has 3 N–H and O–H groups in total. The number of carbonyl (C=O) groups is 1. The molecular formula is C13H17ClIN3O2. The van der Waals surface area contributed by atoms with Gasteiger partial charge in [-0.15, -0.1) is 0 Å². The lowest BCUT2D eigenvalue weighted by Gasteiger charge is -2.29. The number of hydrogen-bond acceptors (Lipinski definition) is 3. The Labute approximate surface area is 136 Å². The Morgan fingerprint density at radius 3 is 2.75 bits per heavy atom. The Morgan fingerprint density at radius 2 is 2.15 bits per heavy atom. The SMILES string of the molecule is O=C(O)NCC1CCC(Nc2cc(I)c(Cl)cn2)CC1. The van der Waals surface area contributed by atoms with Crippen LogP contribution in [0.15, 0.2) is 12.3 Å². The monoisotopic (exact) mass is 409 g/mol. The summed E-state index contributed by atoms with van der Waals surface area (Å²) < 4.78 is 0.987. The van der Waals surface area contributed by atoms with E-state index in [1.165, 1.54) is 0 Å². The lowest BCUT2D eigenvalue weighted by molar-refractivity contribution is 0.190. The fourth-order valence-corrected chi connectivity index (χ4v) is 2.98. The van der Waals surface area contributed by atoms with E-state index >= 15 is 0 Å². The van der Waals surface area contributed by atoms with Crippen molar-refractivity contribution in [2.75, 3.05) is 11.9 Å². The molecule has 20 heavy (non-hydrogen) atoms. The lowest BCUT2D eigenvalue weighted by Crippen LogP contribution is -2.33. The van der Waals surface area contributed by atoms with Crippen LogP contribution in [-0.2, 0) is 0 Å². The van der Waals surface area contributed by atoms with Gasteiger partial charge in [0.1, 0.15) is 5.82 Å². The molecule has 2 rings (SSSR count). The van der Waals surface area contributed by atoms with Crippen LogP contribution in [0.3, 0.4) is 0 Å². The fraction of sp³-hybridized carbons (Fsp3) is 0.538. The Bertz CT molecular complexity index is 479. The molecule has 0 bridgehead atoms. The van der Waals surface area contributed by atoms with Crippen molar-refractivity contribution in [3.8, 4) is 0 Å². The van der Waals surface area contributed by atoms with Crippen LogP contribution in [0.1, 0.15) is 25.7 Å². The summed E-state index contributed by atoms with van der Waals surface area (Å²) in [5, 5.41) is 15.1. The number of pyridine rings is 1. The van der Waals surface area contributed by atoms with Gasteiger partial charge in [-0.05, 0) is 60.3 Å².